The van der Waals surface area contributed by atoms with Crippen LogP contribution in [0.5, 0.6) is 0 Å². The number of guanidine groups is 1. The predicted molar refractivity (Wildman–Crippen MR) is 98.4 cm³/mol. The average molecular weight is 411 g/mol. The summed E-state index contributed by atoms with van der Waals surface area (Å²) in [7, 11) is 1.72. The number of thiophene rings is 1. The standard InChI is InChI=1S/C14H25N3OS.HI/c1-6-15-13(17-10-14(3,4)18-5)16-9-12-8-7-11(2)19-12;/h7-8H,6,9-10H2,1-5H3,(H2,15,16,17);1H. The maximum atomic E-state index is 5.39. The monoisotopic (exact) mass is 411 g/mol. The highest BCUT2D eigenvalue weighted by atomic mass is 127. The molecule has 1 rings (SSSR count). The predicted octanol–water partition coefficient (Wildman–Crippen LogP) is 3.15. The van der Waals surface area contributed by atoms with Gasteiger partial charge in [0.25, 0.3) is 0 Å². The second-order valence-electron chi connectivity index (χ2n) is 5.02. The molecule has 0 spiro atoms. The van der Waals surface area contributed by atoms with Crippen LogP contribution in [0, 0.1) is 6.92 Å². The minimum Gasteiger partial charge on any atom is -0.377 e. The van der Waals surface area contributed by atoms with Crippen molar-refractivity contribution in [1.29, 1.82) is 0 Å². The van der Waals surface area contributed by atoms with Gasteiger partial charge < -0.3 is 15.4 Å². The normalized spacial score (nSPS) is 11.9. The Morgan fingerprint density at radius 1 is 1.35 bits per heavy atom. The van der Waals surface area contributed by atoms with E-state index in [9.17, 15) is 0 Å². The summed E-state index contributed by atoms with van der Waals surface area (Å²) in [5.41, 5.74) is -0.199. The molecule has 116 valence electrons. The number of rotatable bonds is 6. The second kappa shape index (κ2) is 9.57. The van der Waals surface area contributed by atoms with Crippen molar-refractivity contribution in [3.8, 4) is 0 Å². The summed E-state index contributed by atoms with van der Waals surface area (Å²) in [5.74, 6) is 0.832. The van der Waals surface area contributed by atoms with E-state index in [1.165, 1.54) is 9.75 Å². The van der Waals surface area contributed by atoms with E-state index in [0.717, 1.165) is 19.0 Å². The molecule has 0 radical (unpaired) electrons. The van der Waals surface area contributed by atoms with Crippen LogP contribution in [0.1, 0.15) is 30.5 Å². The molecule has 0 amide bonds. The molecule has 1 heterocycles. The van der Waals surface area contributed by atoms with Gasteiger partial charge in [0.15, 0.2) is 5.96 Å². The topological polar surface area (TPSA) is 45.7 Å². The van der Waals surface area contributed by atoms with E-state index in [0.29, 0.717) is 6.54 Å². The third-order valence-electron chi connectivity index (χ3n) is 2.77. The lowest BCUT2D eigenvalue weighted by atomic mass is 10.1. The maximum Gasteiger partial charge on any atom is 0.191 e. The van der Waals surface area contributed by atoms with Gasteiger partial charge in [-0.2, -0.15) is 0 Å². The molecule has 0 saturated carbocycles. The highest BCUT2D eigenvalue weighted by Crippen LogP contribution is 2.15. The molecule has 0 aliphatic carbocycles. The van der Waals surface area contributed by atoms with E-state index in [-0.39, 0.29) is 29.6 Å². The van der Waals surface area contributed by atoms with Gasteiger partial charge in [0.05, 0.1) is 12.1 Å². The zero-order valence-corrected chi connectivity index (χ0v) is 16.1. The van der Waals surface area contributed by atoms with Crippen LogP contribution in [0.15, 0.2) is 17.1 Å². The van der Waals surface area contributed by atoms with Gasteiger partial charge in [-0.1, -0.05) is 0 Å². The van der Waals surface area contributed by atoms with E-state index in [1.807, 2.05) is 13.8 Å². The second-order valence-corrected chi connectivity index (χ2v) is 6.40. The molecular weight excluding hydrogens is 385 g/mol. The van der Waals surface area contributed by atoms with Gasteiger partial charge in [-0.3, -0.25) is 0 Å². The summed E-state index contributed by atoms with van der Waals surface area (Å²) < 4.78 is 5.39. The van der Waals surface area contributed by atoms with Gasteiger partial charge in [-0.05, 0) is 39.8 Å². The van der Waals surface area contributed by atoms with Crippen molar-refractivity contribution >= 4 is 41.3 Å². The number of ether oxygens (including phenoxy) is 1. The molecule has 2 N–H and O–H groups in total. The van der Waals surface area contributed by atoms with Gasteiger partial charge >= 0.3 is 0 Å². The van der Waals surface area contributed by atoms with Crippen molar-refractivity contribution in [2.45, 2.75) is 39.8 Å². The Balaban J connectivity index is 0.00000361. The van der Waals surface area contributed by atoms with Crippen LogP contribution in [0.2, 0.25) is 0 Å². The molecule has 0 unspecified atom stereocenters. The van der Waals surface area contributed by atoms with Crippen LogP contribution in [0.3, 0.4) is 0 Å². The summed E-state index contributed by atoms with van der Waals surface area (Å²) >= 11 is 1.79. The van der Waals surface area contributed by atoms with Crippen LogP contribution in [-0.2, 0) is 11.3 Å². The Labute approximate surface area is 143 Å². The summed E-state index contributed by atoms with van der Waals surface area (Å²) in [6.45, 7) is 10.6. The van der Waals surface area contributed by atoms with Gasteiger partial charge in [0.2, 0.25) is 0 Å². The van der Waals surface area contributed by atoms with Crippen LogP contribution < -0.4 is 10.6 Å². The van der Waals surface area contributed by atoms with Crippen LogP contribution in [0.4, 0.5) is 0 Å². The minimum atomic E-state index is -0.199. The first-order valence-corrected chi connectivity index (χ1v) is 7.41. The first-order chi connectivity index (χ1) is 8.96. The number of aryl methyl sites for hydroxylation is 1. The summed E-state index contributed by atoms with van der Waals surface area (Å²) in [6.07, 6.45) is 0. The number of nitrogens with one attached hydrogen (secondary N) is 2. The number of hydrogen-bond acceptors (Lipinski definition) is 3. The van der Waals surface area contributed by atoms with Gasteiger partial charge in [0.1, 0.15) is 0 Å². The fourth-order valence-corrected chi connectivity index (χ4v) is 2.25. The molecule has 0 aliphatic heterocycles. The number of aliphatic imine (C=N–C) groups is 1. The van der Waals surface area contributed by atoms with E-state index in [1.54, 1.807) is 18.4 Å². The van der Waals surface area contributed by atoms with E-state index in [4.69, 9.17) is 4.74 Å². The lowest BCUT2D eigenvalue weighted by molar-refractivity contribution is 0.0268. The molecule has 0 fully saturated rings. The molecule has 0 aromatic carbocycles. The number of halogens is 1. The highest BCUT2D eigenvalue weighted by Gasteiger charge is 2.16. The Morgan fingerprint density at radius 2 is 2.05 bits per heavy atom. The van der Waals surface area contributed by atoms with Gasteiger partial charge in [0, 0.05) is 30.0 Å². The fraction of sp³-hybridized carbons (Fsp3) is 0.643. The van der Waals surface area contributed by atoms with Gasteiger partial charge in [-0.25, -0.2) is 4.99 Å². The summed E-state index contributed by atoms with van der Waals surface area (Å²) in [4.78, 5) is 7.18. The molecule has 1 aromatic heterocycles. The maximum absolute atomic E-state index is 5.39. The first-order valence-electron chi connectivity index (χ1n) is 6.59. The zero-order valence-electron chi connectivity index (χ0n) is 12.9. The quantitative estimate of drug-likeness (QED) is 0.430. The van der Waals surface area contributed by atoms with Gasteiger partial charge in [-0.15, -0.1) is 35.3 Å². The van der Waals surface area contributed by atoms with Crippen LogP contribution >= 0.6 is 35.3 Å². The van der Waals surface area contributed by atoms with E-state index in [2.05, 4.69) is 41.6 Å². The van der Waals surface area contributed by atoms with Crippen molar-refractivity contribution in [2.24, 2.45) is 4.99 Å². The molecular formula is C14H26IN3OS. The molecule has 4 nitrogen and oxygen atoms in total. The van der Waals surface area contributed by atoms with Crippen molar-refractivity contribution in [3.05, 3.63) is 21.9 Å². The lowest BCUT2D eigenvalue weighted by Gasteiger charge is -2.24. The minimum absolute atomic E-state index is 0. The largest absolute Gasteiger partial charge is 0.377 e. The third-order valence-corrected chi connectivity index (χ3v) is 3.75. The molecule has 0 bridgehead atoms. The SMILES string of the molecule is CCNC(=NCc1ccc(C)s1)NCC(C)(C)OC.I. The zero-order chi connectivity index (χ0) is 14.3. The Morgan fingerprint density at radius 3 is 2.55 bits per heavy atom. The van der Waals surface area contributed by atoms with Crippen LogP contribution in [0.25, 0.3) is 0 Å². The molecule has 0 aliphatic rings. The molecule has 1 aromatic rings. The first kappa shape index (κ1) is 19.7. The molecule has 20 heavy (non-hydrogen) atoms. The van der Waals surface area contributed by atoms with Crippen molar-refractivity contribution in [1.82, 2.24) is 10.6 Å². The van der Waals surface area contributed by atoms with Crippen LogP contribution in [-0.4, -0.2) is 31.8 Å². The number of nitrogens with zero attached hydrogens (tertiary/aromatic N) is 1. The smallest absolute Gasteiger partial charge is 0.191 e. The van der Waals surface area contributed by atoms with E-state index >= 15 is 0 Å². The van der Waals surface area contributed by atoms with Crippen molar-refractivity contribution < 1.29 is 4.74 Å². The molecule has 0 saturated heterocycles. The van der Waals surface area contributed by atoms with E-state index < -0.39 is 0 Å². The lowest BCUT2D eigenvalue weighted by Crippen LogP contribution is -2.45. The van der Waals surface area contributed by atoms with Crippen molar-refractivity contribution in [3.63, 3.8) is 0 Å². The Bertz CT molecular complexity index is 418. The highest BCUT2D eigenvalue weighted by molar-refractivity contribution is 14.0. The Kier molecular flexibility index (Phi) is 9.41. The number of methoxy groups -OCH3 is 1. The fourth-order valence-electron chi connectivity index (χ4n) is 1.44. The third kappa shape index (κ3) is 7.44. The summed E-state index contributed by atoms with van der Waals surface area (Å²) in [6, 6.07) is 4.26. The average Bonchev–Trinajstić information content (AvgIpc) is 2.79. The summed E-state index contributed by atoms with van der Waals surface area (Å²) in [5, 5.41) is 6.55. The molecule has 0 atom stereocenters. The Hall–Kier alpha value is -0.340. The van der Waals surface area contributed by atoms with Crippen molar-refractivity contribution in [2.75, 3.05) is 20.2 Å². The molecule has 6 heteroatoms. The number of hydrogen-bond donors (Lipinski definition) is 2.